The molecule has 0 radical (unpaired) electrons. The fraction of sp³-hybridized carbons (Fsp3) is 0.318. The summed E-state index contributed by atoms with van der Waals surface area (Å²) >= 11 is 0. The summed E-state index contributed by atoms with van der Waals surface area (Å²) in [5, 5.41) is 3.04. The quantitative estimate of drug-likeness (QED) is 0.786. The fourth-order valence-corrected chi connectivity index (χ4v) is 3.19. The highest BCUT2D eigenvalue weighted by atomic mass is 16.2. The van der Waals surface area contributed by atoms with Gasteiger partial charge in [-0.1, -0.05) is 66.7 Å². The number of benzene rings is 2. The van der Waals surface area contributed by atoms with Gasteiger partial charge in [-0.3, -0.25) is 9.69 Å². The van der Waals surface area contributed by atoms with E-state index in [0.29, 0.717) is 6.54 Å². The van der Waals surface area contributed by atoms with Gasteiger partial charge in [0.2, 0.25) is 5.91 Å². The molecule has 0 unspecified atom stereocenters. The van der Waals surface area contributed by atoms with Crippen molar-refractivity contribution in [3.05, 3.63) is 77.9 Å². The normalized spacial score (nSPS) is 14.8. The van der Waals surface area contributed by atoms with E-state index in [2.05, 4.69) is 64.8 Å². The van der Waals surface area contributed by atoms with Gasteiger partial charge in [0.25, 0.3) is 0 Å². The molecule has 0 aromatic heterocycles. The summed E-state index contributed by atoms with van der Waals surface area (Å²) in [6.45, 7) is 3.02. The van der Waals surface area contributed by atoms with Gasteiger partial charge in [0, 0.05) is 19.6 Å². The standard InChI is InChI=1S/C22H26N2O/c25-22(23-15-7-10-19-8-3-1-4-9-19)18-24-16-13-21(14-17-24)20-11-5-2-6-12-20/h1-6,8-9,11-13H,7,10,14-18H2,(H,23,25). The second-order valence-corrected chi connectivity index (χ2v) is 6.52. The Labute approximate surface area is 150 Å². The summed E-state index contributed by atoms with van der Waals surface area (Å²) in [5.74, 6) is 0.129. The lowest BCUT2D eigenvalue weighted by Gasteiger charge is -2.25. The Hall–Kier alpha value is -2.39. The van der Waals surface area contributed by atoms with E-state index in [9.17, 15) is 4.79 Å². The van der Waals surface area contributed by atoms with E-state index in [0.717, 1.165) is 38.9 Å². The lowest BCUT2D eigenvalue weighted by atomic mass is 10.00. The summed E-state index contributed by atoms with van der Waals surface area (Å²) in [7, 11) is 0. The van der Waals surface area contributed by atoms with Crippen LogP contribution in [0, 0.1) is 0 Å². The van der Waals surface area contributed by atoms with Gasteiger partial charge >= 0.3 is 0 Å². The molecular weight excluding hydrogens is 308 g/mol. The number of rotatable bonds is 7. The van der Waals surface area contributed by atoms with E-state index < -0.39 is 0 Å². The molecule has 1 aliphatic rings. The van der Waals surface area contributed by atoms with Gasteiger partial charge in [0.05, 0.1) is 6.54 Å². The molecule has 2 aromatic carbocycles. The van der Waals surface area contributed by atoms with Crippen molar-refractivity contribution in [2.75, 3.05) is 26.2 Å². The minimum Gasteiger partial charge on any atom is -0.355 e. The van der Waals surface area contributed by atoms with Crippen LogP contribution in [0.2, 0.25) is 0 Å². The average molecular weight is 334 g/mol. The highest BCUT2D eigenvalue weighted by Crippen LogP contribution is 2.21. The Morgan fingerprint density at radius 2 is 1.72 bits per heavy atom. The van der Waals surface area contributed by atoms with Gasteiger partial charge in [-0.2, -0.15) is 0 Å². The van der Waals surface area contributed by atoms with Crippen LogP contribution >= 0.6 is 0 Å². The van der Waals surface area contributed by atoms with Crippen LogP contribution in [0.25, 0.3) is 5.57 Å². The van der Waals surface area contributed by atoms with Gasteiger partial charge in [-0.25, -0.2) is 0 Å². The van der Waals surface area contributed by atoms with Gasteiger partial charge < -0.3 is 5.32 Å². The maximum Gasteiger partial charge on any atom is 0.234 e. The van der Waals surface area contributed by atoms with Crippen LogP contribution in [0.15, 0.2) is 66.7 Å². The Morgan fingerprint density at radius 3 is 2.40 bits per heavy atom. The van der Waals surface area contributed by atoms with E-state index in [1.165, 1.54) is 16.7 Å². The summed E-state index contributed by atoms with van der Waals surface area (Å²) in [5.41, 5.74) is 4.01. The molecule has 2 aromatic rings. The Balaban J connectivity index is 1.36. The first kappa shape index (κ1) is 17.4. The predicted octanol–water partition coefficient (Wildman–Crippen LogP) is 3.52. The van der Waals surface area contributed by atoms with Crippen molar-refractivity contribution in [3.63, 3.8) is 0 Å². The van der Waals surface area contributed by atoms with E-state index in [1.807, 2.05) is 12.1 Å². The number of hydrogen-bond acceptors (Lipinski definition) is 2. The molecule has 0 spiro atoms. The predicted molar refractivity (Wildman–Crippen MR) is 103 cm³/mol. The first-order chi connectivity index (χ1) is 12.3. The molecule has 130 valence electrons. The van der Waals surface area contributed by atoms with Gasteiger partial charge in [0.1, 0.15) is 0 Å². The number of hydrogen-bond donors (Lipinski definition) is 1. The van der Waals surface area contributed by atoms with E-state index in [-0.39, 0.29) is 5.91 Å². The SMILES string of the molecule is O=C(CN1CC=C(c2ccccc2)CC1)NCCCc1ccccc1. The lowest BCUT2D eigenvalue weighted by Crippen LogP contribution is -2.39. The minimum atomic E-state index is 0.129. The second-order valence-electron chi connectivity index (χ2n) is 6.52. The summed E-state index contributed by atoms with van der Waals surface area (Å²) in [6, 6.07) is 20.9. The number of aryl methyl sites for hydroxylation is 1. The summed E-state index contributed by atoms with van der Waals surface area (Å²) in [6.07, 6.45) is 5.24. The van der Waals surface area contributed by atoms with Crippen LogP contribution < -0.4 is 5.32 Å². The van der Waals surface area contributed by atoms with E-state index in [1.54, 1.807) is 0 Å². The summed E-state index contributed by atoms with van der Waals surface area (Å²) < 4.78 is 0. The van der Waals surface area contributed by atoms with Crippen molar-refractivity contribution in [3.8, 4) is 0 Å². The number of amides is 1. The number of nitrogens with zero attached hydrogens (tertiary/aromatic N) is 1. The van der Waals surface area contributed by atoms with Crippen LogP contribution in [0.1, 0.15) is 24.0 Å². The van der Waals surface area contributed by atoms with Crippen LogP contribution in [0.4, 0.5) is 0 Å². The van der Waals surface area contributed by atoms with Crippen LogP contribution in [0.5, 0.6) is 0 Å². The minimum absolute atomic E-state index is 0.129. The van der Waals surface area contributed by atoms with Crippen molar-refractivity contribution >= 4 is 11.5 Å². The third kappa shape index (κ3) is 5.57. The third-order valence-corrected chi connectivity index (χ3v) is 4.61. The smallest absolute Gasteiger partial charge is 0.234 e. The molecular formula is C22H26N2O. The van der Waals surface area contributed by atoms with Crippen molar-refractivity contribution in [2.24, 2.45) is 0 Å². The highest BCUT2D eigenvalue weighted by Gasteiger charge is 2.15. The van der Waals surface area contributed by atoms with Crippen LogP contribution in [-0.4, -0.2) is 37.0 Å². The Bertz CT molecular complexity index is 694. The monoisotopic (exact) mass is 334 g/mol. The molecule has 0 atom stereocenters. The number of nitrogens with one attached hydrogen (secondary N) is 1. The Kier molecular flexibility index (Phi) is 6.41. The maximum absolute atomic E-state index is 12.1. The Morgan fingerprint density at radius 1 is 1.00 bits per heavy atom. The molecule has 0 fully saturated rings. The zero-order chi connectivity index (χ0) is 17.3. The zero-order valence-electron chi connectivity index (χ0n) is 14.7. The summed E-state index contributed by atoms with van der Waals surface area (Å²) in [4.78, 5) is 14.3. The molecule has 25 heavy (non-hydrogen) atoms. The molecule has 0 aliphatic carbocycles. The lowest BCUT2D eigenvalue weighted by molar-refractivity contribution is -0.122. The van der Waals surface area contributed by atoms with Crippen molar-refractivity contribution in [2.45, 2.75) is 19.3 Å². The van der Waals surface area contributed by atoms with Gasteiger partial charge in [-0.05, 0) is 36.0 Å². The van der Waals surface area contributed by atoms with Crippen LogP contribution in [0.3, 0.4) is 0 Å². The average Bonchev–Trinajstić information content (AvgIpc) is 2.67. The number of carbonyl (C=O) groups excluding carboxylic acids is 1. The topological polar surface area (TPSA) is 32.3 Å². The molecule has 0 saturated carbocycles. The maximum atomic E-state index is 12.1. The second kappa shape index (κ2) is 9.19. The molecule has 1 N–H and O–H groups in total. The first-order valence-corrected chi connectivity index (χ1v) is 9.09. The number of carbonyl (C=O) groups is 1. The molecule has 3 nitrogen and oxygen atoms in total. The largest absolute Gasteiger partial charge is 0.355 e. The zero-order valence-corrected chi connectivity index (χ0v) is 14.7. The van der Waals surface area contributed by atoms with E-state index >= 15 is 0 Å². The fourth-order valence-electron chi connectivity index (χ4n) is 3.19. The molecule has 3 rings (SSSR count). The van der Waals surface area contributed by atoms with Crippen LogP contribution in [-0.2, 0) is 11.2 Å². The van der Waals surface area contributed by atoms with Crippen molar-refractivity contribution in [1.29, 1.82) is 0 Å². The van der Waals surface area contributed by atoms with Gasteiger partial charge in [-0.15, -0.1) is 0 Å². The molecule has 1 aliphatic heterocycles. The molecule has 3 heteroatoms. The molecule has 0 bridgehead atoms. The van der Waals surface area contributed by atoms with Gasteiger partial charge in [0.15, 0.2) is 0 Å². The van der Waals surface area contributed by atoms with E-state index in [4.69, 9.17) is 0 Å². The molecule has 1 amide bonds. The van der Waals surface area contributed by atoms with Crippen molar-refractivity contribution < 1.29 is 4.79 Å². The highest BCUT2D eigenvalue weighted by molar-refractivity contribution is 5.78. The van der Waals surface area contributed by atoms with Crippen molar-refractivity contribution in [1.82, 2.24) is 10.2 Å². The third-order valence-electron chi connectivity index (χ3n) is 4.61. The first-order valence-electron chi connectivity index (χ1n) is 9.09. The molecule has 1 heterocycles. The molecule has 0 saturated heterocycles.